The second-order valence-electron chi connectivity index (χ2n) is 4.01. The van der Waals surface area contributed by atoms with Crippen LogP contribution < -0.4 is 11.1 Å². The minimum Gasteiger partial charge on any atom is -0.392 e. The molecule has 1 heterocycles. The molecule has 1 aliphatic rings. The Kier molecular flexibility index (Phi) is 5.56. The molecular weight excluding hydrogens is 310 g/mol. The third kappa shape index (κ3) is 4.62. The van der Waals surface area contributed by atoms with E-state index in [1.165, 1.54) is 11.8 Å². The van der Waals surface area contributed by atoms with Crippen LogP contribution in [0.5, 0.6) is 0 Å². The summed E-state index contributed by atoms with van der Waals surface area (Å²) >= 11 is 6.01. The van der Waals surface area contributed by atoms with E-state index in [0.29, 0.717) is 5.75 Å². The molecule has 19 heavy (non-hydrogen) atoms. The molecule has 1 saturated heterocycles. The Balaban J connectivity index is 2.78. The van der Waals surface area contributed by atoms with E-state index in [1.54, 1.807) is 0 Å². The summed E-state index contributed by atoms with van der Waals surface area (Å²) in [6.07, 6.45) is 1.05. The minimum absolute atomic E-state index is 0.0509. The molecule has 108 valence electrons. The zero-order valence-electron chi connectivity index (χ0n) is 10.3. The Bertz CT molecular complexity index is 491. The van der Waals surface area contributed by atoms with E-state index in [9.17, 15) is 18.0 Å². The standard InChI is InChI=1S/C9H15N3O4S3/c1-19(15,16)7-5-18-3-2-12(7)9(14)8(13)11-4-6(10)17/h7H,2-5H2,1H3,(H2,10,17)(H,11,13). The molecule has 1 atom stereocenters. The van der Waals surface area contributed by atoms with Crippen molar-refractivity contribution in [2.24, 2.45) is 5.73 Å². The smallest absolute Gasteiger partial charge is 0.313 e. The number of hydrogen-bond donors (Lipinski definition) is 2. The third-order valence-electron chi connectivity index (χ3n) is 2.46. The zero-order chi connectivity index (χ0) is 14.6. The molecule has 0 aromatic heterocycles. The van der Waals surface area contributed by atoms with Gasteiger partial charge in [-0.15, -0.1) is 0 Å². The molecule has 0 spiro atoms. The molecule has 1 fully saturated rings. The van der Waals surface area contributed by atoms with Gasteiger partial charge in [0, 0.05) is 24.3 Å². The predicted octanol–water partition coefficient (Wildman–Crippen LogP) is -1.67. The molecule has 0 radical (unpaired) electrons. The monoisotopic (exact) mass is 325 g/mol. The van der Waals surface area contributed by atoms with Crippen LogP contribution in [0.4, 0.5) is 0 Å². The van der Waals surface area contributed by atoms with Crippen molar-refractivity contribution >= 4 is 50.6 Å². The van der Waals surface area contributed by atoms with Gasteiger partial charge in [0.15, 0.2) is 9.84 Å². The molecule has 1 rings (SSSR count). The molecule has 0 aromatic carbocycles. The van der Waals surface area contributed by atoms with Crippen molar-refractivity contribution in [1.29, 1.82) is 0 Å². The Morgan fingerprint density at radius 3 is 2.68 bits per heavy atom. The van der Waals surface area contributed by atoms with Crippen molar-refractivity contribution in [3.8, 4) is 0 Å². The van der Waals surface area contributed by atoms with Crippen molar-refractivity contribution in [1.82, 2.24) is 10.2 Å². The topological polar surface area (TPSA) is 110 Å². The lowest BCUT2D eigenvalue weighted by atomic mass is 10.4. The van der Waals surface area contributed by atoms with E-state index in [0.717, 1.165) is 11.2 Å². The van der Waals surface area contributed by atoms with Crippen molar-refractivity contribution < 1.29 is 18.0 Å². The van der Waals surface area contributed by atoms with Crippen LogP contribution in [0.15, 0.2) is 0 Å². The van der Waals surface area contributed by atoms with Gasteiger partial charge in [0.05, 0.1) is 11.5 Å². The first-order chi connectivity index (χ1) is 8.73. The van der Waals surface area contributed by atoms with E-state index >= 15 is 0 Å². The Hall–Kier alpha value is -0.870. The highest BCUT2D eigenvalue weighted by Crippen LogP contribution is 2.20. The minimum atomic E-state index is -3.43. The molecule has 0 bridgehead atoms. The third-order valence-corrected chi connectivity index (χ3v) is 5.24. The van der Waals surface area contributed by atoms with Gasteiger partial charge in [-0.2, -0.15) is 11.8 Å². The van der Waals surface area contributed by atoms with Crippen LogP contribution in [0.1, 0.15) is 0 Å². The molecule has 1 aliphatic heterocycles. The molecule has 10 heteroatoms. The second kappa shape index (κ2) is 6.53. The molecule has 7 nitrogen and oxygen atoms in total. The summed E-state index contributed by atoms with van der Waals surface area (Å²) in [5.74, 6) is -0.895. The maximum absolute atomic E-state index is 11.9. The molecule has 2 amide bonds. The van der Waals surface area contributed by atoms with Crippen LogP contribution in [-0.2, 0) is 19.4 Å². The largest absolute Gasteiger partial charge is 0.392 e. The van der Waals surface area contributed by atoms with E-state index in [1.807, 2.05) is 0 Å². The van der Waals surface area contributed by atoms with Gasteiger partial charge in [-0.1, -0.05) is 12.2 Å². The maximum Gasteiger partial charge on any atom is 0.313 e. The average Bonchev–Trinajstić information content (AvgIpc) is 2.34. The molecule has 0 saturated carbocycles. The lowest BCUT2D eigenvalue weighted by Crippen LogP contribution is -2.54. The van der Waals surface area contributed by atoms with Crippen LogP contribution >= 0.6 is 24.0 Å². The first-order valence-corrected chi connectivity index (χ1v) is 8.89. The number of sulfone groups is 1. The first-order valence-electron chi connectivity index (χ1n) is 5.37. The number of amides is 2. The fraction of sp³-hybridized carbons (Fsp3) is 0.667. The summed E-state index contributed by atoms with van der Waals surface area (Å²) < 4.78 is 23.2. The molecule has 0 aliphatic carbocycles. The van der Waals surface area contributed by atoms with Gasteiger partial charge in [-0.3, -0.25) is 9.59 Å². The summed E-state index contributed by atoms with van der Waals surface area (Å²) in [7, 11) is -3.43. The number of rotatable bonds is 3. The van der Waals surface area contributed by atoms with E-state index in [2.05, 4.69) is 17.5 Å². The van der Waals surface area contributed by atoms with Crippen LogP contribution in [0, 0.1) is 0 Å². The highest BCUT2D eigenvalue weighted by molar-refractivity contribution is 8.00. The molecule has 0 aromatic rings. The van der Waals surface area contributed by atoms with Gasteiger partial charge in [-0.25, -0.2) is 8.42 Å². The fourth-order valence-corrected chi connectivity index (χ4v) is 4.43. The Labute approximate surface area is 121 Å². The molecule has 1 unspecified atom stereocenters. The van der Waals surface area contributed by atoms with Crippen molar-refractivity contribution in [3.05, 3.63) is 0 Å². The Morgan fingerprint density at radius 1 is 1.53 bits per heavy atom. The number of thiocarbonyl (C=S) groups is 1. The van der Waals surface area contributed by atoms with Crippen LogP contribution in [0.3, 0.4) is 0 Å². The predicted molar refractivity (Wildman–Crippen MR) is 77.5 cm³/mol. The van der Waals surface area contributed by atoms with Gasteiger partial charge < -0.3 is 16.0 Å². The summed E-state index contributed by atoms with van der Waals surface area (Å²) in [6.45, 7) is 0.133. The van der Waals surface area contributed by atoms with Crippen LogP contribution in [-0.4, -0.2) is 66.3 Å². The zero-order valence-corrected chi connectivity index (χ0v) is 12.7. The van der Waals surface area contributed by atoms with Gasteiger partial charge in [-0.05, 0) is 0 Å². The lowest BCUT2D eigenvalue weighted by Gasteiger charge is -2.33. The quantitative estimate of drug-likeness (QED) is 0.472. The normalized spacial score (nSPS) is 19.8. The van der Waals surface area contributed by atoms with Gasteiger partial charge in [0.25, 0.3) is 0 Å². The Morgan fingerprint density at radius 2 is 2.16 bits per heavy atom. The molecule has 3 N–H and O–H groups in total. The van der Waals surface area contributed by atoms with E-state index in [-0.39, 0.29) is 23.8 Å². The maximum atomic E-state index is 11.9. The van der Waals surface area contributed by atoms with Gasteiger partial charge in [0.2, 0.25) is 0 Å². The average molecular weight is 325 g/mol. The fourth-order valence-electron chi connectivity index (χ4n) is 1.54. The van der Waals surface area contributed by atoms with Gasteiger partial charge in [0.1, 0.15) is 5.37 Å². The highest BCUT2D eigenvalue weighted by atomic mass is 32.2. The summed E-state index contributed by atoms with van der Waals surface area (Å²) in [6, 6.07) is 0. The van der Waals surface area contributed by atoms with Crippen LogP contribution in [0.2, 0.25) is 0 Å². The number of nitrogens with two attached hydrogens (primary N) is 1. The van der Waals surface area contributed by atoms with Crippen LogP contribution in [0.25, 0.3) is 0 Å². The molecular formula is C9H15N3O4S3. The second-order valence-corrected chi connectivity index (χ2v) is 7.88. The van der Waals surface area contributed by atoms with Crippen molar-refractivity contribution in [2.75, 3.05) is 30.9 Å². The first kappa shape index (κ1) is 16.2. The number of carbonyl (C=O) groups excluding carboxylic acids is 2. The lowest BCUT2D eigenvalue weighted by molar-refractivity contribution is -0.145. The number of thioether (sulfide) groups is 1. The number of nitrogens with one attached hydrogen (secondary N) is 1. The van der Waals surface area contributed by atoms with E-state index < -0.39 is 27.0 Å². The number of hydrogen-bond acceptors (Lipinski definition) is 6. The summed E-state index contributed by atoms with van der Waals surface area (Å²) in [4.78, 5) is 24.7. The SMILES string of the molecule is CS(=O)(=O)C1CSCCN1C(=O)C(=O)NCC(N)=S. The number of nitrogens with zero attached hydrogens (tertiary/aromatic N) is 1. The van der Waals surface area contributed by atoms with Gasteiger partial charge >= 0.3 is 11.8 Å². The highest BCUT2D eigenvalue weighted by Gasteiger charge is 2.36. The van der Waals surface area contributed by atoms with E-state index in [4.69, 9.17) is 5.73 Å². The number of carbonyl (C=O) groups is 2. The van der Waals surface area contributed by atoms with Crippen molar-refractivity contribution in [3.63, 3.8) is 0 Å². The summed E-state index contributed by atoms with van der Waals surface area (Å²) in [5.41, 5.74) is 5.21. The van der Waals surface area contributed by atoms with Crippen molar-refractivity contribution in [2.45, 2.75) is 5.37 Å². The summed E-state index contributed by atoms with van der Waals surface area (Å²) in [5, 5.41) is 1.29.